The Morgan fingerprint density at radius 3 is 2.48 bits per heavy atom. The molecule has 1 aromatic rings. The lowest BCUT2D eigenvalue weighted by Gasteiger charge is -2.46. The van der Waals surface area contributed by atoms with Crippen LogP contribution in [0.3, 0.4) is 0 Å². The van der Waals surface area contributed by atoms with Crippen LogP contribution in [0.2, 0.25) is 0 Å². The van der Waals surface area contributed by atoms with Crippen molar-refractivity contribution < 1.29 is 43.6 Å². The van der Waals surface area contributed by atoms with Crippen molar-refractivity contribution in [1.29, 1.82) is 0 Å². The predicted octanol–water partition coefficient (Wildman–Crippen LogP) is 2.06. The van der Waals surface area contributed by atoms with Crippen LogP contribution >= 0.6 is 11.8 Å². The molecule has 0 saturated carbocycles. The second-order valence-electron chi connectivity index (χ2n) is 12.6. The van der Waals surface area contributed by atoms with E-state index in [1.54, 1.807) is 21.1 Å². The van der Waals surface area contributed by atoms with E-state index < -0.39 is 18.0 Å². The molecular formula is C34H50N4O9S. The van der Waals surface area contributed by atoms with Gasteiger partial charge < -0.3 is 45.3 Å². The summed E-state index contributed by atoms with van der Waals surface area (Å²) in [5, 5.41) is 29.0. The molecule has 6 atom stereocenters. The Hall–Kier alpha value is -3.33. The highest BCUT2D eigenvalue weighted by Gasteiger charge is 2.60. The highest BCUT2D eigenvalue weighted by Crippen LogP contribution is 2.51. The number of hydrogen-bond acceptors (Lipinski definition) is 10. The van der Waals surface area contributed by atoms with Crippen molar-refractivity contribution in [3.8, 4) is 11.5 Å². The van der Waals surface area contributed by atoms with Crippen molar-refractivity contribution in [2.45, 2.75) is 82.2 Å². The number of aryl methyl sites for hydroxylation is 1. The fourth-order valence-corrected chi connectivity index (χ4v) is 8.10. The Labute approximate surface area is 286 Å². The standard InChI is InChI=1S/C34H50N4O9S/c1-20-29-28(21(2)39)33(42)38(29)30(34(43)44)31(20)48-23-17-24(37-18-23)32(41)36-14-8-5-7-13-35-27(40)19-47-15-9-6-10-22-11-12-25(45-3)26(16-22)46-4/h11-12,16,20-21,23-24,28-29,37,39H,5-10,13-15,17-19H2,1-4H3,(H,35,40)(H,36,41)(H,43,44)/t20-,21-,23+,24+,28-,29?/m1/s1. The molecule has 3 aliphatic heterocycles. The van der Waals surface area contributed by atoms with E-state index in [0.29, 0.717) is 49.1 Å². The summed E-state index contributed by atoms with van der Waals surface area (Å²) in [6, 6.07) is 5.17. The van der Waals surface area contributed by atoms with Gasteiger partial charge >= 0.3 is 5.97 Å². The number of aliphatic hydroxyl groups excluding tert-OH is 1. The van der Waals surface area contributed by atoms with E-state index in [9.17, 15) is 29.4 Å². The van der Waals surface area contributed by atoms with Crippen LogP contribution in [-0.2, 0) is 30.3 Å². The Morgan fingerprint density at radius 2 is 1.79 bits per heavy atom. The lowest BCUT2D eigenvalue weighted by atomic mass is 9.79. The van der Waals surface area contributed by atoms with Crippen LogP contribution in [0.4, 0.5) is 0 Å². The minimum atomic E-state index is -1.15. The van der Waals surface area contributed by atoms with Gasteiger partial charge in [-0.2, -0.15) is 0 Å². The van der Waals surface area contributed by atoms with E-state index in [-0.39, 0.29) is 53.3 Å². The number of carbonyl (C=O) groups is 4. The Bertz CT molecular complexity index is 1340. The van der Waals surface area contributed by atoms with Crippen LogP contribution in [0.15, 0.2) is 28.8 Å². The van der Waals surface area contributed by atoms with Crippen molar-refractivity contribution in [2.24, 2.45) is 11.8 Å². The van der Waals surface area contributed by atoms with Crippen LogP contribution in [0.1, 0.15) is 57.9 Å². The van der Waals surface area contributed by atoms with Crippen molar-refractivity contribution in [3.05, 3.63) is 34.4 Å². The SMILES string of the molecule is COc1ccc(CCCCOCC(=O)NCCCCCNC(=O)[C@@H]2C[C@H](SC3=C(C(=O)O)N4C(=O)[C@H]([C@@H](C)O)C4[C@H]3C)CN2)cc1OC. The Kier molecular flexibility index (Phi) is 14.0. The van der Waals surface area contributed by atoms with Gasteiger partial charge in [0, 0.05) is 42.3 Å². The molecule has 4 rings (SSSR count). The number of nitrogens with zero attached hydrogens (tertiary/aromatic N) is 1. The number of thioether (sulfide) groups is 1. The molecule has 0 bridgehead atoms. The van der Waals surface area contributed by atoms with Crippen LogP contribution in [0, 0.1) is 11.8 Å². The van der Waals surface area contributed by atoms with Crippen molar-refractivity contribution in [3.63, 3.8) is 0 Å². The fraction of sp³-hybridized carbons (Fsp3) is 0.647. The number of carbonyl (C=O) groups excluding carboxylic acids is 3. The number of fused-ring (bicyclic) bond motifs is 1. The van der Waals surface area contributed by atoms with E-state index in [1.807, 2.05) is 25.1 Å². The zero-order chi connectivity index (χ0) is 34.8. The van der Waals surface area contributed by atoms with Gasteiger partial charge in [0.25, 0.3) is 0 Å². The molecule has 2 fully saturated rings. The van der Waals surface area contributed by atoms with Crippen molar-refractivity contribution in [1.82, 2.24) is 20.9 Å². The third-order valence-electron chi connectivity index (χ3n) is 9.17. The van der Waals surface area contributed by atoms with Crippen molar-refractivity contribution >= 4 is 35.5 Å². The van der Waals surface area contributed by atoms with Gasteiger partial charge in [0.2, 0.25) is 17.7 Å². The summed E-state index contributed by atoms with van der Waals surface area (Å²) >= 11 is 1.42. The van der Waals surface area contributed by atoms with E-state index in [1.165, 1.54) is 16.7 Å². The zero-order valence-corrected chi connectivity index (χ0v) is 29.1. The number of carboxylic acid groups (broad SMARTS) is 1. The molecular weight excluding hydrogens is 640 g/mol. The van der Waals surface area contributed by atoms with Crippen molar-refractivity contribution in [2.75, 3.05) is 47.1 Å². The second-order valence-corrected chi connectivity index (χ2v) is 14.0. The fourth-order valence-electron chi connectivity index (χ4n) is 6.63. The Balaban J connectivity index is 1.03. The Morgan fingerprint density at radius 1 is 1.06 bits per heavy atom. The van der Waals surface area contributed by atoms with Gasteiger partial charge in [0.05, 0.1) is 38.3 Å². The lowest BCUT2D eigenvalue weighted by Crippen LogP contribution is -2.63. The maximum atomic E-state index is 12.8. The number of amides is 3. The monoisotopic (exact) mass is 690 g/mol. The van der Waals surface area contributed by atoms with Crippen LogP contribution < -0.4 is 25.4 Å². The number of β-lactam (4-membered cyclic amide) rings is 1. The molecule has 48 heavy (non-hydrogen) atoms. The summed E-state index contributed by atoms with van der Waals surface area (Å²) in [7, 11) is 3.23. The molecule has 5 N–H and O–H groups in total. The molecule has 3 heterocycles. The molecule has 1 aromatic carbocycles. The van der Waals surface area contributed by atoms with Crippen LogP contribution in [-0.4, -0.2) is 109 Å². The minimum Gasteiger partial charge on any atom is -0.493 e. The number of methoxy groups -OCH3 is 2. The average Bonchev–Trinajstić information content (AvgIpc) is 3.62. The van der Waals surface area contributed by atoms with Gasteiger partial charge in [-0.15, -0.1) is 11.8 Å². The van der Waals surface area contributed by atoms with E-state index >= 15 is 0 Å². The van der Waals surface area contributed by atoms with Gasteiger partial charge in [-0.1, -0.05) is 13.0 Å². The first-order valence-electron chi connectivity index (χ1n) is 16.8. The summed E-state index contributed by atoms with van der Waals surface area (Å²) in [6.07, 6.45) is 4.79. The molecule has 0 radical (unpaired) electrons. The van der Waals surface area contributed by atoms with Crippen LogP contribution in [0.5, 0.6) is 11.5 Å². The highest BCUT2D eigenvalue weighted by atomic mass is 32.2. The largest absolute Gasteiger partial charge is 0.493 e. The topological polar surface area (TPSA) is 176 Å². The van der Waals surface area contributed by atoms with E-state index in [4.69, 9.17) is 14.2 Å². The molecule has 3 amide bonds. The summed E-state index contributed by atoms with van der Waals surface area (Å²) in [4.78, 5) is 51.4. The van der Waals surface area contributed by atoms with Gasteiger partial charge in [0.1, 0.15) is 12.3 Å². The van der Waals surface area contributed by atoms with Gasteiger partial charge in [-0.05, 0) is 69.6 Å². The van der Waals surface area contributed by atoms with Crippen LogP contribution in [0.25, 0.3) is 0 Å². The second kappa shape index (κ2) is 17.9. The number of rotatable bonds is 20. The summed E-state index contributed by atoms with van der Waals surface area (Å²) in [6.45, 7) is 5.63. The number of nitrogens with one attached hydrogen (secondary N) is 3. The molecule has 1 unspecified atom stereocenters. The molecule has 2 saturated heterocycles. The number of aliphatic carboxylic acids is 1. The smallest absolute Gasteiger partial charge is 0.353 e. The first-order chi connectivity index (χ1) is 23.1. The molecule has 266 valence electrons. The molecule has 13 nitrogen and oxygen atoms in total. The highest BCUT2D eigenvalue weighted by molar-refractivity contribution is 8.03. The molecule has 0 spiro atoms. The maximum absolute atomic E-state index is 12.8. The number of aliphatic hydroxyl groups is 1. The molecule has 3 aliphatic rings. The number of hydrogen-bond donors (Lipinski definition) is 5. The lowest BCUT2D eigenvalue weighted by molar-refractivity contribution is -0.163. The third-order valence-corrected chi connectivity index (χ3v) is 10.7. The van der Waals surface area contributed by atoms with Gasteiger partial charge in [0.15, 0.2) is 11.5 Å². The molecule has 0 aromatic heterocycles. The molecule has 0 aliphatic carbocycles. The first kappa shape index (κ1) is 37.5. The van der Waals surface area contributed by atoms with E-state index in [2.05, 4.69) is 16.0 Å². The predicted molar refractivity (Wildman–Crippen MR) is 181 cm³/mol. The number of unbranched alkanes of at least 4 members (excludes halogenated alkanes) is 3. The maximum Gasteiger partial charge on any atom is 0.353 e. The van der Waals surface area contributed by atoms with Gasteiger partial charge in [-0.3, -0.25) is 14.4 Å². The summed E-state index contributed by atoms with van der Waals surface area (Å²) in [5.74, 6) is -1.10. The number of ether oxygens (including phenoxy) is 3. The quantitative estimate of drug-likeness (QED) is 0.100. The van der Waals surface area contributed by atoms with Gasteiger partial charge in [-0.25, -0.2) is 4.79 Å². The average molecular weight is 691 g/mol. The zero-order valence-electron chi connectivity index (χ0n) is 28.3. The first-order valence-corrected chi connectivity index (χ1v) is 17.7. The van der Waals surface area contributed by atoms with E-state index in [0.717, 1.165) is 44.1 Å². The number of carboxylic acids is 1. The summed E-state index contributed by atoms with van der Waals surface area (Å²) < 4.78 is 16.1. The third kappa shape index (κ3) is 9.21. The molecule has 14 heteroatoms. The minimum absolute atomic E-state index is 0.00891. The normalized spacial score (nSPS) is 23.8. The number of benzene rings is 1. The summed E-state index contributed by atoms with van der Waals surface area (Å²) in [5.41, 5.74) is 1.17.